The maximum absolute atomic E-state index is 10.8. The Morgan fingerprint density at radius 2 is 2.22 bits per heavy atom. The molecule has 0 aliphatic carbocycles. The minimum atomic E-state index is -1.25. The number of nitro benzene ring substituents is 1. The molecule has 100 valence electrons. The molecule has 0 aliphatic heterocycles. The zero-order chi connectivity index (χ0) is 13.8. The molecule has 0 aromatic heterocycles. The summed E-state index contributed by atoms with van der Waals surface area (Å²) in [6.07, 6.45) is 0. The average molecular weight is 275 g/mol. The highest BCUT2D eigenvalue weighted by molar-refractivity contribution is 6.30. The van der Waals surface area contributed by atoms with Crippen LogP contribution >= 0.6 is 11.6 Å². The van der Waals surface area contributed by atoms with E-state index in [1.807, 2.05) is 0 Å². The number of benzene rings is 1. The average Bonchev–Trinajstić information content (AvgIpc) is 2.30. The fourth-order valence-corrected chi connectivity index (χ4v) is 1.55. The number of nitrogens with one attached hydrogen (secondary N) is 1. The molecule has 1 unspecified atom stereocenters. The summed E-state index contributed by atoms with van der Waals surface area (Å²) in [6.45, 7) is 1.42. The summed E-state index contributed by atoms with van der Waals surface area (Å²) in [4.78, 5) is 10.3. The second-order valence-corrected chi connectivity index (χ2v) is 4.73. The minimum Gasteiger partial charge on any atom is -0.393 e. The summed E-state index contributed by atoms with van der Waals surface area (Å²) < 4.78 is 0. The second kappa shape index (κ2) is 6.10. The van der Waals surface area contributed by atoms with Crippen molar-refractivity contribution in [2.24, 2.45) is 0 Å². The molecule has 1 aromatic carbocycles. The summed E-state index contributed by atoms with van der Waals surface area (Å²) in [7, 11) is 0. The largest absolute Gasteiger partial charge is 0.393 e. The standard InChI is InChI=1S/C11H15ClN2O4/c1-11(16,7-15)6-13-5-8-2-3-9(12)4-10(8)14(17)18/h2-4,13,15-16H,5-7H2,1H3. The molecular weight excluding hydrogens is 260 g/mol. The van der Waals surface area contributed by atoms with Crippen molar-refractivity contribution in [1.82, 2.24) is 5.32 Å². The van der Waals surface area contributed by atoms with Gasteiger partial charge < -0.3 is 15.5 Å². The van der Waals surface area contributed by atoms with Gasteiger partial charge in [-0.3, -0.25) is 10.1 Å². The van der Waals surface area contributed by atoms with E-state index in [1.54, 1.807) is 12.1 Å². The maximum atomic E-state index is 10.8. The molecular formula is C11H15ClN2O4. The Morgan fingerprint density at radius 1 is 1.56 bits per heavy atom. The Balaban J connectivity index is 2.70. The fourth-order valence-electron chi connectivity index (χ4n) is 1.38. The summed E-state index contributed by atoms with van der Waals surface area (Å²) in [5, 5.41) is 32.4. The molecule has 7 heteroatoms. The molecule has 0 saturated heterocycles. The summed E-state index contributed by atoms with van der Waals surface area (Å²) >= 11 is 5.69. The van der Waals surface area contributed by atoms with E-state index in [-0.39, 0.29) is 25.4 Å². The molecule has 0 radical (unpaired) electrons. The van der Waals surface area contributed by atoms with Crippen LogP contribution in [-0.2, 0) is 6.54 Å². The molecule has 0 saturated carbocycles. The lowest BCUT2D eigenvalue weighted by atomic mass is 10.1. The number of nitro groups is 1. The SMILES string of the molecule is CC(O)(CO)CNCc1ccc(Cl)cc1[N+](=O)[O-]. The van der Waals surface area contributed by atoms with Crippen LogP contribution in [0.5, 0.6) is 0 Å². The van der Waals surface area contributed by atoms with Crippen LogP contribution in [0.15, 0.2) is 18.2 Å². The smallest absolute Gasteiger partial charge is 0.275 e. The zero-order valence-electron chi connectivity index (χ0n) is 9.89. The Hall–Kier alpha value is -1.21. The van der Waals surface area contributed by atoms with Crippen molar-refractivity contribution in [1.29, 1.82) is 0 Å². The predicted molar refractivity (Wildman–Crippen MR) is 67.5 cm³/mol. The van der Waals surface area contributed by atoms with Crippen LogP contribution in [0.2, 0.25) is 5.02 Å². The van der Waals surface area contributed by atoms with Crippen LogP contribution in [0.1, 0.15) is 12.5 Å². The van der Waals surface area contributed by atoms with Gasteiger partial charge in [0, 0.05) is 29.7 Å². The Kier molecular flexibility index (Phi) is 5.03. The van der Waals surface area contributed by atoms with E-state index in [0.717, 1.165) is 0 Å². The summed E-state index contributed by atoms with van der Waals surface area (Å²) in [5.74, 6) is 0. The highest BCUT2D eigenvalue weighted by Gasteiger charge is 2.19. The molecule has 0 aliphatic rings. The number of hydrogen-bond donors (Lipinski definition) is 3. The first-order valence-electron chi connectivity index (χ1n) is 5.32. The van der Waals surface area contributed by atoms with Crippen LogP contribution in [-0.4, -0.2) is 33.9 Å². The zero-order valence-corrected chi connectivity index (χ0v) is 10.6. The normalized spacial score (nSPS) is 14.2. The number of aliphatic hydroxyl groups is 2. The monoisotopic (exact) mass is 274 g/mol. The number of rotatable bonds is 6. The van der Waals surface area contributed by atoms with Crippen molar-refractivity contribution in [3.8, 4) is 0 Å². The van der Waals surface area contributed by atoms with Gasteiger partial charge in [-0.15, -0.1) is 0 Å². The van der Waals surface area contributed by atoms with Crippen molar-refractivity contribution in [2.75, 3.05) is 13.2 Å². The first-order chi connectivity index (χ1) is 8.35. The fraction of sp³-hybridized carbons (Fsp3) is 0.455. The number of halogens is 1. The van der Waals surface area contributed by atoms with Crippen LogP contribution in [0.4, 0.5) is 5.69 Å². The van der Waals surface area contributed by atoms with Gasteiger partial charge in [0.25, 0.3) is 5.69 Å². The van der Waals surface area contributed by atoms with Crippen molar-refractivity contribution in [3.05, 3.63) is 38.9 Å². The topological polar surface area (TPSA) is 95.6 Å². The molecule has 0 bridgehead atoms. The van der Waals surface area contributed by atoms with Crippen molar-refractivity contribution in [2.45, 2.75) is 19.1 Å². The van der Waals surface area contributed by atoms with Gasteiger partial charge in [0.2, 0.25) is 0 Å². The van der Waals surface area contributed by atoms with Crippen molar-refractivity contribution >= 4 is 17.3 Å². The quantitative estimate of drug-likeness (QED) is 0.533. The van der Waals surface area contributed by atoms with Crippen LogP contribution in [0.25, 0.3) is 0 Å². The second-order valence-electron chi connectivity index (χ2n) is 4.29. The van der Waals surface area contributed by atoms with Gasteiger partial charge in [0.1, 0.15) is 0 Å². The molecule has 3 N–H and O–H groups in total. The predicted octanol–water partition coefficient (Wildman–Crippen LogP) is 1.08. The number of aliphatic hydroxyl groups excluding tert-OH is 1. The Morgan fingerprint density at radius 3 is 2.78 bits per heavy atom. The molecule has 0 fully saturated rings. The van der Waals surface area contributed by atoms with Gasteiger partial charge in [-0.2, -0.15) is 0 Å². The van der Waals surface area contributed by atoms with Gasteiger partial charge in [-0.05, 0) is 19.1 Å². The molecule has 0 spiro atoms. The van der Waals surface area contributed by atoms with E-state index in [9.17, 15) is 15.2 Å². The highest BCUT2D eigenvalue weighted by Crippen LogP contribution is 2.23. The Bertz CT molecular complexity index is 437. The lowest BCUT2D eigenvalue weighted by Gasteiger charge is -2.20. The van der Waals surface area contributed by atoms with Crippen LogP contribution in [0.3, 0.4) is 0 Å². The third-order valence-electron chi connectivity index (χ3n) is 2.41. The summed E-state index contributed by atoms with van der Waals surface area (Å²) in [5.41, 5.74) is -0.849. The molecule has 18 heavy (non-hydrogen) atoms. The number of hydrogen-bond acceptors (Lipinski definition) is 5. The van der Waals surface area contributed by atoms with E-state index < -0.39 is 10.5 Å². The van der Waals surface area contributed by atoms with Gasteiger partial charge in [-0.25, -0.2) is 0 Å². The minimum absolute atomic E-state index is 0.0707. The Labute approximate surface area is 109 Å². The molecule has 1 rings (SSSR count). The van der Waals surface area contributed by atoms with Crippen LogP contribution in [0, 0.1) is 10.1 Å². The third kappa shape index (κ3) is 4.23. The number of nitrogens with zero attached hydrogens (tertiary/aromatic N) is 1. The van der Waals surface area contributed by atoms with Gasteiger partial charge in [-0.1, -0.05) is 11.6 Å². The lowest BCUT2D eigenvalue weighted by Crippen LogP contribution is -2.40. The van der Waals surface area contributed by atoms with Crippen LogP contribution < -0.4 is 5.32 Å². The maximum Gasteiger partial charge on any atom is 0.275 e. The first kappa shape index (κ1) is 14.8. The molecule has 0 amide bonds. The van der Waals surface area contributed by atoms with Crippen molar-refractivity contribution < 1.29 is 15.1 Å². The van der Waals surface area contributed by atoms with Gasteiger partial charge >= 0.3 is 0 Å². The van der Waals surface area contributed by atoms with E-state index in [2.05, 4.69) is 5.32 Å². The van der Waals surface area contributed by atoms with Gasteiger partial charge in [0.15, 0.2) is 0 Å². The molecule has 0 heterocycles. The highest BCUT2D eigenvalue weighted by atomic mass is 35.5. The van der Waals surface area contributed by atoms with E-state index >= 15 is 0 Å². The van der Waals surface area contributed by atoms with E-state index in [4.69, 9.17) is 16.7 Å². The summed E-state index contributed by atoms with van der Waals surface area (Å²) in [6, 6.07) is 4.40. The van der Waals surface area contributed by atoms with E-state index in [1.165, 1.54) is 13.0 Å². The third-order valence-corrected chi connectivity index (χ3v) is 2.64. The molecule has 1 aromatic rings. The molecule has 6 nitrogen and oxygen atoms in total. The lowest BCUT2D eigenvalue weighted by molar-refractivity contribution is -0.385. The van der Waals surface area contributed by atoms with Gasteiger partial charge in [0.05, 0.1) is 17.1 Å². The molecule has 1 atom stereocenters. The van der Waals surface area contributed by atoms with Crippen molar-refractivity contribution in [3.63, 3.8) is 0 Å². The van der Waals surface area contributed by atoms with E-state index in [0.29, 0.717) is 10.6 Å². The first-order valence-corrected chi connectivity index (χ1v) is 5.70.